The average Bonchev–Trinajstić information content (AvgIpc) is 3.03. The fraction of sp³-hybridized carbons (Fsp3) is 0.562. The minimum absolute atomic E-state index is 0.223. The summed E-state index contributed by atoms with van der Waals surface area (Å²) in [5, 5.41) is 4.37. The molecular weight excluding hydrogens is 326 g/mol. The fourth-order valence-electron chi connectivity index (χ4n) is 3.17. The fourth-order valence-corrected chi connectivity index (χ4v) is 4.04. The Morgan fingerprint density at radius 2 is 1.92 bits per heavy atom. The lowest BCUT2D eigenvalue weighted by molar-refractivity contribution is 0.318. The molecule has 130 valence electrons. The van der Waals surface area contributed by atoms with Gasteiger partial charge in [-0.1, -0.05) is 6.92 Å². The molecule has 0 radical (unpaired) electrons. The molecule has 0 aromatic carbocycles. The molecule has 0 bridgehead atoms. The Morgan fingerprint density at radius 3 is 2.58 bits per heavy atom. The minimum Gasteiger partial charge on any atom is -0.272 e. The van der Waals surface area contributed by atoms with Gasteiger partial charge in [0.1, 0.15) is 0 Å². The summed E-state index contributed by atoms with van der Waals surface area (Å²) in [7, 11) is -3.11. The van der Waals surface area contributed by atoms with Crippen LogP contribution in [0.3, 0.4) is 0 Å². The van der Waals surface area contributed by atoms with Crippen LogP contribution in [0.1, 0.15) is 37.8 Å². The van der Waals surface area contributed by atoms with E-state index in [0.29, 0.717) is 13.1 Å². The van der Waals surface area contributed by atoms with E-state index in [0.717, 1.165) is 42.8 Å². The van der Waals surface area contributed by atoms with Gasteiger partial charge in [-0.25, -0.2) is 12.7 Å². The first-order chi connectivity index (χ1) is 11.5. The topological polar surface area (TPSA) is 81.0 Å². The Labute approximate surface area is 142 Å². The lowest BCUT2D eigenvalue weighted by Crippen LogP contribution is -2.37. The number of aromatic nitrogens is 4. The van der Waals surface area contributed by atoms with E-state index in [1.807, 2.05) is 17.1 Å². The summed E-state index contributed by atoms with van der Waals surface area (Å²) in [5.74, 6) is 0.223. The molecule has 8 heteroatoms. The van der Waals surface area contributed by atoms with Crippen molar-refractivity contribution < 1.29 is 8.42 Å². The van der Waals surface area contributed by atoms with Gasteiger partial charge in [-0.05, 0) is 19.3 Å². The lowest BCUT2D eigenvalue weighted by Gasteiger charge is -2.30. The van der Waals surface area contributed by atoms with Gasteiger partial charge >= 0.3 is 0 Å². The zero-order chi connectivity index (χ0) is 17.2. The molecule has 2 aromatic heterocycles. The summed E-state index contributed by atoms with van der Waals surface area (Å²) in [6, 6.07) is 0. The van der Waals surface area contributed by atoms with Crippen LogP contribution in [0.4, 0.5) is 0 Å². The molecule has 24 heavy (non-hydrogen) atoms. The van der Waals surface area contributed by atoms with Crippen molar-refractivity contribution in [1.82, 2.24) is 24.1 Å². The predicted molar refractivity (Wildman–Crippen MR) is 91.9 cm³/mol. The predicted octanol–water partition coefficient (Wildman–Crippen LogP) is 1.89. The summed E-state index contributed by atoms with van der Waals surface area (Å²) in [6.07, 6.45) is 11.1. The van der Waals surface area contributed by atoms with E-state index in [1.165, 1.54) is 6.26 Å². The van der Waals surface area contributed by atoms with Crippen molar-refractivity contribution in [2.24, 2.45) is 0 Å². The van der Waals surface area contributed by atoms with Crippen LogP contribution in [-0.4, -0.2) is 51.8 Å². The quantitative estimate of drug-likeness (QED) is 0.823. The number of aryl methyl sites for hydroxylation is 1. The highest BCUT2D eigenvalue weighted by atomic mass is 32.2. The molecule has 1 fully saturated rings. The molecule has 0 saturated carbocycles. The highest BCUT2D eigenvalue weighted by Gasteiger charge is 2.28. The first-order valence-electron chi connectivity index (χ1n) is 8.28. The Hall–Kier alpha value is -1.80. The second kappa shape index (κ2) is 6.98. The largest absolute Gasteiger partial charge is 0.272 e. The van der Waals surface area contributed by atoms with Gasteiger partial charge < -0.3 is 0 Å². The molecule has 3 heterocycles. The lowest BCUT2D eigenvalue weighted by atomic mass is 9.92. The SMILES string of the molecule is CCCn1cc(-c2nccnc2C2CCN(S(C)(=O)=O)CC2)cn1. The van der Waals surface area contributed by atoms with E-state index in [-0.39, 0.29) is 5.92 Å². The molecular formula is C16H23N5O2S. The average molecular weight is 349 g/mol. The van der Waals surface area contributed by atoms with Crippen LogP contribution in [0.15, 0.2) is 24.8 Å². The summed E-state index contributed by atoms with van der Waals surface area (Å²) < 4.78 is 26.8. The summed E-state index contributed by atoms with van der Waals surface area (Å²) >= 11 is 0. The molecule has 0 amide bonds. The van der Waals surface area contributed by atoms with Gasteiger partial charge in [0.2, 0.25) is 10.0 Å². The molecule has 0 atom stereocenters. The molecule has 0 N–H and O–H groups in total. The highest BCUT2D eigenvalue weighted by molar-refractivity contribution is 7.88. The van der Waals surface area contributed by atoms with Gasteiger partial charge in [0.15, 0.2) is 0 Å². The minimum atomic E-state index is -3.11. The van der Waals surface area contributed by atoms with Crippen molar-refractivity contribution in [1.29, 1.82) is 0 Å². The van der Waals surface area contributed by atoms with Crippen molar-refractivity contribution >= 4 is 10.0 Å². The van der Waals surface area contributed by atoms with Crippen LogP contribution < -0.4 is 0 Å². The summed E-state index contributed by atoms with van der Waals surface area (Å²) in [4.78, 5) is 9.07. The van der Waals surface area contributed by atoms with E-state index >= 15 is 0 Å². The zero-order valence-corrected chi connectivity index (χ0v) is 14.9. The smallest absolute Gasteiger partial charge is 0.211 e. The molecule has 1 saturated heterocycles. The number of nitrogens with zero attached hydrogens (tertiary/aromatic N) is 5. The number of hydrogen-bond donors (Lipinski definition) is 0. The first-order valence-corrected chi connectivity index (χ1v) is 10.1. The Morgan fingerprint density at radius 1 is 1.21 bits per heavy atom. The van der Waals surface area contributed by atoms with Gasteiger partial charge in [0, 0.05) is 49.7 Å². The van der Waals surface area contributed by atoms with Crippen molar-refractivity contribution in [3.05, 3.63) is 30.5 Å². The number of rotatable bonds is 5. The number of sulfonamides is 1. The van der Waals surface area contributed by atoms with Crippen molar-refractivity contribution in [3.63, 3.8) is 0 Å². The third-order valence-electron chi connectivity index (χ3n) is 4.40. The summed E-state index contributed by atoms with van der Waals surface area (Å²) in [5.41, 5.74) is 2.77. The molecule has 3 rings (SSSR count). The van der Waals surface area contributed by atoms with Gasteiger partial charge in [0.25, 0.3) is 0 Å². The normalized spacial score (nSPS) is 17.2. The monoisotopic (exact) mass is 349 g/mol. The van der Waals surface area contributed by atoms with E-state index < -0.39 is 10.0 Å². The van der Waals surface area contributed by atoms with E-state index in [4.69, 9.17) is 0 Å². The van der Waals surface area contributed by atoms with Crippen LogP contribution in [0, 0.1) is 0 Å². The molecule has 0 unspecified atom stereocenters. The molecule has 7 nitrogen and oxygen atoms in total. The molecule has 1 aliphatic rings. The van der Waals surface area contributed by atoms with Gasteiger partial charge in [-0.2, -0.15) is 5.10 Å². The number of hydrogen-bond acceptors (Lipinski definition) is 5. The second-order valence-corrected chi connectivity index (χ2v) is 8.20. The molecule has 2 aromatic rings. The zero-order valence-electron chi connectivity index (χ0n) is 14.1. The third-order valence-corrected chi connectivity index (χ3v) is 5.70. The van der Waals surface area contributed by atoms with Crippen LogP contribution >= 0.6 is 0 Å². The Bertz CT molecular complexity index is 794. The summed E-state index contributed by atoms with van der Waals surface area (Å²) in [6.45, 7) is 4.07. The standard InChI is InChI=1S/C16H23N5O2S/c1-3-8-20-12-14(11-19-20)16-15(17-6-7-18-16)13-4-9-21(10-5-13)24(2,22)23/h6-7,11-13H,3-5,8-10H2,1-2H3. The van der Waals surface area contributed by atoms with Crippen molar-refractivity contribution in [2.75, 3.05) is 19.3 Å². The molecule has 1 aliphatic heterocycles. The van der Waals surface area contributed by atoms with E-state index in [9.17, 15) is 8.42 Å². The van der Waals surface area contributed by atoms with Crippen LogP contribution in [0.5, 0.6) is 0 Å². The first kappa shape index (κ1) is 17.0. The maximum absolute atomic E-state index is 11.7. The maximum atomic E-state index is 11.7. The Kier molecular flexibility index (Phi) is 4.96. The number of piperidine rings is 1. The second-order valence-electron chi connectivity index (χ2n) is 6.22. The Balaban J connectivity index is 1.82. The maximum Gasteiger partial charge on any atom is 0.211 e. The van der Waals surface area contributed by atoms with Crippen molar-refractivity contribution in [3.8, 4) is 11.3 Å². The van der Waals surface area contributed by atoms with Gasteiger partial charge in [-0.15, -0.1) is 0 Å². The van der Waals surface area contributed by atoms with Crippen LogP contribution in [0.2, 0.25) is 0 Å². The van der Waals surface area contributed by atoms with E-state index in [2.05, 4.69) is 22.0 Å². The molecule has 0 aliphatic carbocycles. The van der Waals surface area contributed by atoms with Crippen LogP contribution in [-0.2, 0) is 16.6 Å². The van der Waals surface area contributed by atoms with E-state index in [1.54, 1.807) is 16.7 Å². The van der Waals surface area contributed by atoms with Gasteiger partial charge in [0.05, 0.1) is 23.8 Å². The van der Waals surface area contributed by atoms with Crippen molar-refractivity contribution in [2.45, 2.75) is 38.6 Å². The highest BCUT2D eigenvalue weighted by Crippen LogP contribution is 2.33. The van der Waals surface area contributed by atoms with Crippen LogP contribution in [0.25, 0.3) is 11.3 Å². The third kappa shape index (κ3) is 3.64. The molecule has 0 spiro atoms. The van der Waals surface area contributed by atoms with Gasteiger partial charge in [-0.3, -0.25) is 14.6 Å².